The number of halogens is 1. The molecule has 1 aromatic heterocycles. The zero-order valence-corrected chi connectivity index (χ0v) is 17.3. The average molecular weight is 426 g/mol. The number of phenols is 1. The highest BCUT2D eigenvalue weighted by Gasteiger charge is 2.21. The van der Waals surface area contributed by atoms with E-state index in [0.717, 1.165) is 49.5 Å². The second kappa shape index (κ2) is 9.32. The third-order valence-electron chi connectivity index (χ3n) is 5.47. The summed E-state index contributed by atoms with van der Waals surface area (Å²) >= 11 is 5.79. The van der Waals surface area contributed by atoms with Crippen LogP contribution in [0, 0.1) is 5.92 Å². The maximum absolute atomic E-state index is 12.3. The number of phenolic OH excluding ortho intramolecular Hbond substituents is 1. The Morgan fingerprint density at radius 3 is 2.67 bits per heavy atom. The van der Waals surface area contributed by atoms with Gasteiger partial charge in [-0.15, -0.1) is 0 Å². The van der Waals surface area contributed by atoms with Crippen molar-refractivity contribution in [2.45, 2.75) is 19.4 Å². The second-order valence-electron chi connectivity index (χ2n) is 7.64. The fourth-order valence-corrected chi connectivity index (χ4v) is 3.81. The minimum absolute atomic E-state index is 0.0829. The number of nitrogens with one attached hydrogen (secondary N) is 1. The average Bonchev–Trinajstić information content (AvgIpc) is 3.24. The summed E-state index contributed by atoms with van der Waals surface area (Å²) in [6, 6.07) is 16.5. The van der Waals surface area contributed by atoms with Crippen LogP contribution in [0.3, 0.4) is 0 Å². The Labute approximate surface area is 180 Å². The number of likely N-dealkylation sites (tertiary alicyclic amines) is 1. The van der Waals surface area contributed by atoms with Crippen molar-refractivity contribution in [3.63, 3.8) is 0 Å². The molecule has 0 aliphatic carbocycles. The zero-order chi connectivity index (χ0) is 20.9. The summed E-state index contributed by atoms with van der Waals surface area (Å²) in [5.41, 5.74) is 2.32. The third-order valence-corrected chi connectivity index (χ3v) is 5.79. The van der Waals surface area contributed by atoms with E-state index in [9.17, 15) is 9.90 Å². The first-order valence-electron chi connectivity index (χ1n) is 10.1. The molecule has 30 heavy (non-hydrogen) atoms. The van der Waals surface area contributed by atoms with Crippen molar-refractivity contribution in [1.29, 1.82) is 0 Å². The van der Waals surface area contributed by atoms with Crippen LogP contribution in [0.25, 0.3) is 11.3 Å². The SMILES string of the molecule is O=C(NCC1CCN(Cc2cc(-c3ccccc3)no2)CC1)c1ccc(Cl)c(O)c1. The van der Waals surface area contributed by atoms with E-state index >= 15 is 0 Å². The standard InChI is InChI=1S/C23H24ClN3O3/c24-20-7-6-18(12-22(20)28)23(29)25-14-16-8-10-27(11-9-16)15-19-13-21(26-30-19)17-4-2-1-3-5-17/h1-7,12-13,16,28H,8-11,14-15H2,(H,25,29). The fourth-order valence-electron chi connectivity index (χ4n) is 3.69. The van der Waals surface area contributed by atoms with Gasteiger partial charge in [-0.3, -0.25) is 9.69 Å². The number of benzene rings is 2. The Morgan fingerprint density at radius 1 is 1.17 bits per heavy atom. The van der Waals surface area contributed by atoms with Crippen molar-refractivity contribution < 1.29 is 14.4 Å². The Balaban J connectivity index is 1.23. The Kier molecular flexibility index (Phi) is 6.35. The molecular formula is C23H24ClN3O3. The first-order valence-corrected chi connectivity index (χ1v) is 10.5. The second-order valence-corrected chi connectivity index (χ2v) is 8.05. The maximum atomic E-state index is 12.3. The molecule has 1 aliphatic rings. The van der Waals surface area contributed by atoms with Crippen molar-refractivity contribution in [3.05, 3.63) is 70.9 Å². The van der Waals surface area contributed by atoms with Gasteiger partial charge in [-0.05, 0) is 50.0 Å². The highest BCUT2D eigenvalue weighted by atomic mass is 35.5. The molecule has 7 heteroatoms. The van der Waals surface area contributed by atoms with Gasteiger partial charge in [0.05, 0.1) is 11.6 Å². The van der Waals surface area contributed by atoms with Crippen LogP contribution >= 0.6 is 11.6 Å². The van der Waals surface area contributed by atoms with Crippen LogP contribution in [0.5, 0.6) is 5.75 Å². The van der Waals surface area contributed by atoms with Crippen molar-refractivity contribution in [2.24, 2.45) is 5.92 Å². The predicted octanol–water partition coefficient (Wildman–Crippen LogP) is 4.34. The molecular weight excluding hydrogens is 402 g/mol. The molecule has 2 aromatic carbocycles. The van der Waals surface area contributed by atoms with Crippen molar-refractivity contribution in [2.75, 3.05) is 19.6 Å². The van der Waals surface area contributed by atoms with Gasteiger partial charge in [-0.25, -0.2) is 0 Å². The first-order chi connectivity index (χ1) is 14.6. The molecule has 0 unspecified atom stereocenters. The molecule has 0 bridgehead atoms. The molecule has 0 saturated carbocycles. The van der Waals surface area contributed by atoms with Crippen LogP contribution in [0.15, 0.2) is 59.1 Å². The molecule has 2 N–H and O–H groups in total. The summed E-state index contributed by atoms with van der Waals surface area (Å²) < 4.78 is 5.52. The lowest BCUT2D eigenvalue weighted by Crippen LogP contribution is -2.38. The van der Waals surface area contributed by atoms with Crippen LogP contribution in [0.2, 0.25) is 5.02 Å². The third kappa shape index (κ3) is 5.01. The summed E-state index contributed by atoms with van der Waals surface area (Å²) in [5, 5.41) is 17.0. The minimum atomic E-state index is -0.195. The highest BCUT2D eigenvalue weighted by Crippen LogP contribution is 2.24. The minimum Gasteiger partial charge on any atom is -0.506 e. The van der Waals surface area contributed by atoms with Crippen molar-refractivity contribution in [3.8, 4) is 17.0 Å². The Morgan fingerprint density at radius 2 is 1.93 bits per heavy atom. The van der Waals surface area contributed by atoms with Crippen molar-refractivity contribution >= 4 is 17.5 Å². The molecule has 1 saturated heterocycles. The lowest BCUT2D eigenvalue weighted by Gasteiger charge is -2.31. The zero-order valence-electron chi connectivity index (χ0n) is 16.6. The normalized spacial score (nSPS) is 15.2. The van der Waals surface area contributed by atoms with E-state index in [1.54, 1.807) is 6.07 Å². The van der Waals surface area contributed by atoms with Gasteiger partial charge in [-0.2, -0.15) is 0 Å². The van der Waals surface area contributed by atoms with Gasteiger partial charge < -0.3 is 14.9 Å². The van der Waals surface area contributed by atoms with Gasteiger partial charge in [-0.1, -0.05) is 47.1 Å². The van der Waals surface area contributed by atoms with Crippen molar-refractivity contribution in [1.82, 2.24) is 15.4 Å². The Hall–Kier alpha value is -2.83. The number of piperidine rings is 1. The van der Waals surface area contributed by atoms with E-state index in [1.807, 2.05) is 36.4 Å². The van der Waals surface area contributed by atoms with Crippen LogP contribution < -0.4 is 5.32 Å². The quantitative estimate of drug-likeness (QED) is 0.614. The van der Waals surface area contributed by atoms with Crippen LogP contribution in [-0.4, -0.2) is 40.7 Å². The van der Waals surface area contributed by atoms with E-state index in [-0.39, 0.29) is 16.7 Å². The van der Waals surface area contributed by atoms with Crippen LogP contribution in [-0.2, 0) is 6.54 Å². The largest absolute Gasteiger partial charge is 0.506 e. The summed E-state index contributed by atoms with van der Waals surface area (Å²) in [6.45, 7) is 3.26. The van der Waals surface area contributed by atoms with Gasteiger partial charge in [0.25, 0.3) is 5.91 Å². The Bertz CT molecular complexity index is 998. The molecule has 6 nitrogen and oxygen atoms in total. The lowest BCUT2D eigenvalue weighted by atomic mass is 9.96. The molecule has 0 spiro atoms. The number of carbonyl (C=O) groups is 1. The molecule has 2 heterocycles. The molecule has 1 fully saturated rings. The summed E-state index contributed by atoms with van der Waals surface area (Å²) in [4.78, 5) is 14.6. The number of aromatic hydroxyl groups is 1. The molecule has 4 rings (SSSR count). The summed E-state index contributed by atoms with van der Waals surface area (Å²) in [7, 11) is 0. The number of nitrogens with zero attached hydrogens (tertiary/aromatic N) is 2. The fraction of sp³-hybridized carbons (Fsp3) is 0.304. The number of amides is 1. The molecule has 0 radical (unpaired) electrons. The van der Waals surface area contributed by atoms with Gasteiger partial charge >= 0.3 is 0 Å². The number of hydrogen-bond donors (Lipinski definition) is 2. The smallest absolute Gasteiger partial charge is 0.251 e. The predicted molar refractivity (Wildman–Crippen MR) is 115 cm³/mol. The van der Waals surface area contributed by atoms with E-state index in [2.05, 4.69) is 15.4 Å². The molecule has 1 amide bonds. The van der Waals surface area contributed by atoms with Crippen LogP contribution in [0.1, 0.15) is 29.0 Å². The van der Waals surface area contributed by atoms with Crippen LogP contribution in [0.4, 0.5) is 0 Å². The molecule has 156 valence electrons. The molecule has 3 aromatic rings. The monoisotopic (exact) mass is 425 g/mol. The topological polar surface area (TPSA) is 78.6 Å². The highest BCUT2D eigenvalue weighted by molar-refractivity contribution is 6.32. The van der Waals surface area contributed by atoms with E-state index in [0.29, 0.717) is 18.0 Å². The number of carbonyl (C=O) groups excluding carboxylic acids is 1. The maximum Gasteiger partial charge on any atom is 0.251 e. The van der Waals surface area contributed by atoms with Gasteiger partial charge in [0.1, 0.15) is 11.4 Å². The van der Waals surface area contributed by atoms with E-state index < -0.39 is 0 Å². The number of aromatic nitrogens is 1. The lowest BCUT2D eigenvalue weighted by molar-refractivity contribution is 0.0933. The van der Waals surface area contributed by atoms with Gasteiger partial charge in [0.15, 0.2) is 5.76 Å². The molecule has 1 aliphatic heterocycles. The van der Waals surface area contributed by atoms with Gasteiger partial charge in [0, 0.05) is 23.7 Å². The van der Waals surface area contributed by atoms with E-state index in [4.69, 9.17) is 16.1 Å². The summed E-state index contributed by atoms with van der Waals surface area (Å²) in [5.74, 6) is 1.02. The number of hydrogen-bond acceptors (Lipinski definition) is 5. The van der Waals surface area contributed by atoms with Gasteiger partial charge in [0.2, 0.25) is 0 Å². The van der Waals surface area contributed by atoms with E-state index in [1.165, 1.54) is 12.1 Å². The number of rotatable bonds is 6. The molecule has 0 atom stereocenters. The first kappa shape index (κ1) is 20.4. The summed E-state index contributed by atoms with van der Waals surface area (Å²) in [6.07, 6.45) is 2.01.